The van der Waals surface area contributed by atoms with Gasteiger partial charge in [0.05, 0.1) is 33.7 Å². The molecular weight excluding hydrogens is 743 g/mol. The minimum absolute atomic E-state index is 0.0338. The molecule has 2 aliphatic heterocycles. The van der Waals surface area contributed by atoms with Crippen molar-refractivity contribution >= 4 is 79.8 Å². The van der Waals surface area contributed by atoms with Crippen molar-refractivity contribution in [3.05, 3.63) is 105 Å². The summed E-state index contributed by atoms with van der Waals surface area (Å²) in [6, 6.07) is 19.6. The van der Waals surface area contributed by atoms with Gasteiger partial charge in [0.1, 0.15) is 17.3 Å². The molecule has 2 saturated heterocycles. The van der Waals surface area contributed by atoms with Crippen molar-refractivity contribution in [1.82, 2.24) is 9.78 Å². The highest BCUT2D eigenvalue weighted by molar-refractivity contribution is 7.22. The van der Waals surface area contributed by atoms with Gasteiger partial charge in [-0.05, 0) is 104 Å². The lowest BCUT2D eigenvalue weighted by Crippen LogP contribution is -2.49. The number of rotatable bonds is 5. The van der Waals surface area contributed by atoms with Crippen molar-refractivity contribution in [3.8, 4) is 16.3 Å². The molecule has 5 aromatic rings. The molecule has 1 saturated carbocycles. The number of carbonyl (C=O) groups excluding carboxylic acids is 4. The van der Waals surface area contributed by atoms with Crippen LogP contribution in [0.2, 0.25) is 10.0 Å². The highest BCUT2D eigenvalue weighted by Crippen LogP contribution is 2.64. The smallest absolute Gasteiger partial charge is 0.242 e. The van der Waals surface area contributed by atoms with Crippen LogP contribution in [0.3, 0.4) is 0 Å². The van der Waals surface area contributed by atoms with E-state index in [0.717, 1.165) is 38.1 Å². The van der Waals surface area contributed by atoms with E-state index in [1.165, 1.54) is 21.9 Å². The van der Waals surface area contributed by atoms with E-state index in [1.807, 2.05) is 69.3 Å². The Morgan fingerprint density at radius 3 is 2.41 bits per heavy atom. The van der Waals surface area contributed by atoms with Crippen LogP contribution in [0.25, 0.3) is 20.7 Å². The number of fused-ring (bicyclic) bond motifs is 5. The number of aromatic hydroxyl groups is 1. The van der Waals surface area contributed by atoms with Gasteiger partial charge >= 0.3 is 0 Å². The molecule has 274 valence electrons. The van der Waals surface area contributed by atoms with Gasteiger partial charge in [-0.3, -0.25) is 28.8 Å². The molecule has 3 fully saturated rings. The second kappa shape index (κ2) is 12.4. The standard InChI is InChI=1S/C42H36Cl2N4O5S/c1-5-21-6-9-23(10-7-21)47-38(50)27-14-13-25-29(35(27)40(47)52)18-30-39(51)48(41(53)42(30,3)36(25)26-12-11-24(49)17-31(26)44)34-19-32(45-46(34)4)37-20(2)28-16-22(43)8-15-33(28)54-37/h6-13,15-17,19,27,29-30,35-36,49H,5,14,18H2,1-4H3/t27-,29+,30-,35-,36+,42+/m0/s1. The number of carbonyl (C=O) groups is 4. The van der Waals surface area contributed by atoms with Crippen LogP contribution in [0.15, 0.2) is 78.4 Å². The maximum Gasteiger partial charge on any atom is 0.242 e. The van der Waals surface area contributed by atoms with Crippen LogP contribution < -0.4 is 9.80 Å². The van der Waals surface area contributed by atoms with E-state index >= 15 is 4.79 Å². The molecule has 4 amide bonds. The number of hydrogen-bond donors (Lipinski definition) is 1. The second-order valence-electron chi connectivity index (χ2n) is 15.1. The lowest BCUT2D eigenvalue weighted by Gasteiger charge is -2.49. The normalized spacial score (nSPS) is 26.4. The monoisotopic (exact) mass is 778 g/mol. The number of thiophene rings is 1. The molecular formula is C42H36Cl2N4O5S. The summed E-state index contributed by atoms with van der Waals surface area (Å²) in [4.78, 5) is 61.9. The Kier molecular flexibility index (Phi) is 8.01. The van der Waals surface area contributed by atoms with Crippen LogP contribution in [0, 0.1) is 36.0 Å². The Labute approximate surface area is 325 Å². The first kappa shape index (κ1) is 35.0. The Balaban J connectivity index is 1.15. The highest BCUT2D eigenvalue weighted by Gasteiger charge is 2.68. The largest absolute Gasteiger partial charge is 0.508 e. The maximum atomic E-state index is 15.1. The van der Waals surface area contributed by atoms with E-state index in [9.17, 15) is 19.5 Å². The van der Waals surface area contributed by atoms with Crippen LogP contribution in [0.5, 0.6) is 5.75 Å². The van der Waals surface area contributed by atoms with Crippen molar-refractivity contribution in [3.63, 3.8) is 0 Å². The van der Waals surface area contributed by atoms with Gasteiger partial charge in [-0.25, -0.2) is 4.90 Å². The van der Waals surface area contributed by atoms with Gasteiger partial charge < -0.3 is 5.11 Å². The van der Waals surface area contributed by atoms with Crippen molar-refractivity contribution in [2.24, 2.45) is 36.1 Å². The molecule has 6 atom stereocenters. The lowest BCUT2D eigenvalue weighted by atomic mass is 9.51. The Morgan fingerprint density at radius 2 is 1.69 bits per heavy atom. The highest BCUT2D eigenvalue weighted by atomic mass is 35.5. The summed E-state index contributed by atoms with van der Waals surface area (Å²) in [6.07, 6.45) is 3.34. The third-order valence-electron chi connectivity index (χ3n) is 12.4. The number of nitrogens with zero attached hydrogens (tertiary/aromatic N) is 4. The number of phenols is 1. The molecule has 3 aromatic carbocycles. The first-order chi connectivity index (χ1) is 25.8. The number of aryl methyl sites for hydroxylation is 3. The molecule has 9 nitrogen and oxygen atoms in total. The van der Waals surface area contributed by atoms with Gasteiger partial charge in [0.2, 0.25) is 23.6 Å². The van der Waals surface area contributed by atoms with E-state index < -0.39 is 40.9 Å². The number of benzene rings is 3. The van der Waals surface area contributed by atoms with Gasteiger partial charge in [-0.2, -0.15) is 5.10 Å². The SMILES string of the molecule is CCc1ccc(N2C(=O)[C@H]3[C@H](CC=C4[C@H]3C[C@H]3C(=O)N(c5cc(-c6sc7ccc(Cl)cc7c6C)nn5C)C(=O)[C@@]3(C)[C@H]4c3ccc(O)cc3Cl)C2=O)cc1. The molecule has 12 heteroatoms. The Morgan fingerprint density at radius 1 is 0.926 bits per heavy atom. The van der Waals surface area contributed by atoms with Crippen molar-refractivity contribution in [2.75, 3.05) is 9.80 Å². The molecule has 4 aliphatic rings. The zero-order valence-electron chi connectivity index (χ0n) is 30.0. The molecule has 54 heavy (non-hydrogen) atoms. The number of halogens is 2. The molecule has 2 aliphatic carbocycles. The predicted octanol–water partition coefficient (Wildman–Crippen LogP) is 8.62. The van der Waals surface area contributed by atoms with Gasteiger partial charge in [0, 0.05) is 33.8 Å². The summed E-state index contributed by atoms with van der Waals surface area (Å²) in [5.74, 6) is -4.39. The second-order valence-corrected chi connectivity index (χ2v) is 17.0. The Bertz CT molecular complexity index is 2510. The van der Waals surface area contributed by atoms with Crippen LogP contribution >= 0.6 is 34.5 Å². The minimum atomic E-state index is -1.30. The van der Waals surface area contributed by atoms with Crippen molar-refractivity contribution in [1.29, 1.82) is 0 Å². The fourth-order valence-corrected chi connectivity index (χ4v) is 11.3. The van der Waals surface area contributed by atoms with Gasteiger partial charge in [-0.1, -0.05) is 60.0 Å². The van der Waals surface area contributed by atoms with Crippen LogP contribution in [-0.2, 0) is 32.6 Å². The predicted molar refractivity (Wildman–Crippen MR) is 210 cm³/mol. The maximum absolute atomic E-state index is 15.1. The van der Waals surface area contributed by atoms with E-state index in [4.69, 9.17) is 28.3 Å². The third-order valence-corrected chi connectivity index (χ3v) is 14.2. The lowest BCUT2D eigenvalue weighted by molar-refractivity contribution is -0.131. The summed E-state index contributed by atoms with van der Waals surface area (Å²) in [5.41, 5.74) is 3.34. The molecule has 1 N–H and O–H groups in total. The van der Waals surface area contributed by atoms with Crippen LogP contribution in [0.4, 0.5) is 11.5 Å². The number of hydrogen-bond acceptors (Lipinski definition) is 7. The number of aromatic nitrogens is 2. The quantitative estimate of drug-likeness (QED) is 0.141. The molecule has 0 radical (unpaired) electrons. The molecule has 0 spiro atoms. The molecule has 4 heterocycles. The van der Waals surface area contributed by atoms with Crippen molar-refractivity contribution < 1.29 is 24.3 Å². The van der Waals surface area contributed by atoms with E-state index in [0.29, 0.717) is 34.2 Å². The Hall–Kier alpha value is -4.77. The van der Waals surface area contributed by atoms with E-state index in [1.54, 1.807) is 35.2 Å². The van der Waals surface area contributed by atoms with E-state index in [-0.39, 0.29) is 34.9 Å². The summed E-state index contributed by atoms with van der Waals surface area (Å²) in [5, 5.41) is 17.0. The number of allylic oxidation sites excluding steroid dienone is 2. The average Bonchev–Trinajstić information content (AvgIpc) is 3.82. The van der Waals surface area contributed by atoms with E-state index in [2.05, 4.69) is 0 Å². The van der Waals surface area contributed by atoms with Crippen LogP contribution in [0.1, 0.15) is 49.3 Å². The molecule has 9 rings (SSSR count). The summed E-state index contributed by atoms with van der Waals surface area (Å²) < 4.78 is 2.61. The average molecular weight is 780 g/mol. The van der Waals surface area contributed by atoms with Crippen LogP contribution in [-0.4, -0.2) is 38.5 Å². The molecule has 0 unspecified atom stereocenters. The first-order valence-electron chi connectivity index (χ1n) is 18.1. The fourth-order valence-electron chi connectivity index (χ4n) is 9.68. The zero-order chi connectivity index (χ0) is 38.0. The summed E-state index contributed by atoms with van der Waals surface area (Å²) in [6.45, 7) is 5.87. The molecule has 0 bridgehead atoms. The number of anilines is 2. The third kappa shape index (κ3) is 4.85. The van der Waals surface area contributed by atoms with Gasteiger partial charge in [-0.15, -0.1) is 11.3 Å². The first-order valence-corrected chi connectivity index (χ1v) is 19.7. The fraction of sp³-hybridized carbons (Fsp3) is 0.310. The van der Waals surface area contributed by atoms with Gasteiger partial charge in [0.25, 0.3) is 0 Å². The number of imide groups is 2. The molecule has 2 aromatic heterocycles. The number of phenolic OH excluding ortho intramolecular Hbond substituents is 1. The van der Waals surface area contributed by atoms with Crippen molar-refractivity contribution in [2.45, 2.75) is 46.0 Å². The minimum Gasteiger partial charge on any atom is -0.508 e. The zero-order valence-corrected chi connectivity index (χ0v) is 32.3. The van der Waals surface area contributed by atoms with Gasteiger partial charge in [0.15, 0.2) is 0 Å². The topological polar surface area (TPSA) is 113 Å². The summed E-state index contributed by atoms with van der Waals surface area (Å²) in [7, 11) is 1.72. The number of amides is 4. The summed E-state index contributed by atoms with van der Waals surface area (Å²) >= 11 is 14.8.